The van der Waals surface area contributed by atoms with E-state index in [-0.39, 0.29) is 11.5 Å². The molecule has 5 nitrogen and oxygen atoms in total. The van der Waals surface area contributed by atoms with Gasteiger partial charge in [0.25, 0.3) is 5.69 Å². The van der Waals surface area contributed by atoms with Crippen molar-refractivity contribution in [2.75, 3.05) is 11.9 Å². The molecule has 3 aromatic carbocycles. The molecule has 124 valence electrons. The first-order chi connectivity index (χ1) is 12.1. The maximum absolute atomic E-state index is 12.4. The molecule has 25 heavy (non-hydrogen) atoms. The number of benzene rings is 3. The van der Waals surface area contributed by atoms with Crippen LogP contribution >= 0.6 is 0 Å². The van der Waals surface area contributed by atoms with Crippen molar-refractivity contribution in [1.82, 2.24) is 0 Å². The van der Waals surface area contributed by atoms with E-state index in [0.29, 0.717) is 16.8 Å². The number of carbonyl (C=O) groups is 1. The Hall–Kier alpha value is -3.47. The van der Waals surface area contributed by atoms with Gasteiger partial charge in [0.15, 0.2) is 5.78 Å². The molecular weight excluding hydrogens is 316 g/mol. The Morgan fingerprint density at radius 2 is 1.40 bits per heavy atom. The number of nitrogens with zero attached hydrogens (tertiary/aromatic N) is 2. The molecule has 3 rings (SSSR count). The number of rotatable bonds is 5. The van der Waals surface area contributed by atoms with Crippen LogP contribution in [0.2, 0.25) is 0 Å². The molecular formula is C20H16N2O3. The Labute approximate surface area is 145 Å². The van der Waals surface area contributed by atoms with Gasteiger partial charge in [-0.3, -0.25) is 14.9 Å². The summed E-state index contributed by atoms with van der Waals surface area (Å²) in [6, 6.07) is 22.6. The van der Waals surface area contributed by atoms with Crippen molar-refractivity contribution in [3.63, 3.8) is 0 Å². The van der Waals surface area contributed by atoms with Crippen molar-refractivity contribution < 1.29 is 9.72 Å². The number of nitro groups is 1. The third kappa shape index (κ3) is 3.40. The molecule has 0 fully saturated rings. The Morgan fingerprint density at radius 1 is 0.840 bits per heavy atom. The average Bonchev–Trinajstić information content (AvgIpc) is 2.67. The molecule has 0 aliphatic rings. The van der Waals surface area contributed by atoms with Gasteiger partial charge in [0.2, 0.25) is 0 Å². The molecule has 0 amide bonds. The van der Waals surface area contributed by atoms with E-state index in [9.17, 15) is 14.9 Å². The summed E-state index contributed by atoms with van der Waals surface area (Å²) in [5.74, 6) is -0.0551. The highest BCUT2D eigenvalue weighted by Gasteiger charge is 2.17. The summed E-state index contributed by atoms with van der Waals surface area (Å²) in [6.45, 7) is 0. The molecule has 0 unspecified atom stereocenters. The number of anilines is 2. The van der Waals surface area contributed by atoms with Gasteiger partial charge in [0, 0.05) is 29.9 Å². The monoisotopic (exact) mass is 332 g/mol. The highest BCUT2D eigenvalue weighted by atomic mass is 16.6. The molecule has 3 aromatic rings. The Bertz CT molecular complexity index is 906. The van der Waals surface area contributed by atoms with Crippen LogP contribution in [0.1, 0.15) is 15.9 Å². The summed E-state index contributed by atoms with van der Waals surface area (Å²) in [4.78, 5) is 25.0. The molecule has 5 heteroatoms. The number of para-hydroxylation sites is 2. The second-order valence-electron chi connectivity index (χ2n) is 5.55. The van der Waals surface area contributed by atoms with Crippen LogP contribution < -0.4 is 4.90 Å². The zero-order valence-corrected chi connectivity index (χ0v) is 13.6. The highest BCUT2D eigenvalue weighted by molar-refractivity contribution is 6.09. The van der Waals surface area contributed by atoms with Gasteiger partial charge >= 0.3 is 0 Å². The number of ketones is 1. The van der Waals surface area contributed by atoms with E-state index in [1.54, 1.807) is 66.5 Å². The maximum Gasteiger partial charge on any atom is 0.292 e. The van der Waals surface area contributed by atoms with Crippen molar-refractivity contribution in [3.05, 3.63) is 100 Å². The van der Waals surface area contributed by atoms with Crippen molar-refractivity contribution >= 4 is 22.8 Å². The predicted octanol–water partition coefficient (Wildman–Crippen LogP) is 4.59. The zero-order valence-electron chi connectivity index (χ0n) is 13.6. The summed E-state index contributed by atoms with van der Waals surface area (Å²) in [5.41, 5.74) is 2.50. The standard InChI is InChI=1S/C20H16N2O3/c1-21(18-9-5-6-10-19(18)22(24)25)17-13-11-16(12-14-17)20(23)15-7-3-2-4-8-15/h2-14H,1H3. The third-order valence-electron chi connectivity index (χ3n) is 3.99. The number of hydrogen-bond donors (Lipinski definition) is 0. The molecule has 0 N–H and O–H groups in total. The largest absolute Gasteiger partial charge is 0.339 e. The van der Waals surface area contributed by atoms with Gasteiger partial charge in [-0.25, -0.2) is 0 Å². The molecule has 0 saturated carbocycles. The van der Waals surface area contributed by atoms with Crippen molar-refractivity contribution in [2.24, 2.45) is 0 Å². The fourth-order valence-electron chi connectivity index (χ4n) is 2.63. The average molecular weight is 332 g/mol. The molecule has 0 aliphatic carbocycles. The summed E-state index contributed by atoms with van der Waals surface area (Å²) < 4.78 is 0. The van der Waals surface area contributed by atoms with Crippen molar-refractivity contribution in [2.45, 2.75) is 0 Å². The van der Waals surface area contributed by atoms with Crippen LogP contribution in [-0.4, -0.2) is 17.8 Å². The van der Waals surface area contributed by atoms with Crippen molar-refractivity contribution in [3.8, 4) is 0 Å². The lowest BCUT2D eigenvalue weighted by Crippen LogP contribution is -2.11. The lowest BCUT2D eigenvalue weighted by atomic mass is 10.0. The Balaban J connectivity index is 1.88. The summed E-state index contributed by atoms with van der Waals surface area (Å²) in [5, 5.41) is 11.2. The Morgan fingerprint density at radius 3 is 2.04 bits per heavy atom. The van der Waals surface area contributed by atoms with Gasteiger partial charge in [-0.05, 0) is 30.3 Å². The first-order valence-corrected chi connectivity index (χ1v) is 7.75. The minimum Gasteiger partial charge on any atom is -0.339 e. The van der Waals surface area contributed by atoms with E-state index in [0.717, 1.165) is 5.69 Å². The quantitative estimate of drug-likeness (QED) is 0.389. The second kappa shape index (κ2) is 6.97. The van der Waals surface area contributed by atoms with E-state index in [4.69, 9.17) is 0 Å². The van der Waals surface area contributed by atoms with Crippen LogP contribution in [0.25, 0.3) is 0 Å². The normalized spacial score (nSPS) is 10.3. The Kier molecular flexibility index (Phi) is 4.57. The first kappa shape index (κ1) is 16.4. The zero-order chi connectivity index (χ0) is 17.8. The number of nitro benzene ring substituents is 1. The van der Waals surface area contributed by atoms with Crippen LogP contribution in [0, 0.1) is 10.1 Å². The minimum atomic E-state index is -0.404. The van der Waals surface area contributed by atoms with Gasteiger partial charge in [-0.1, -0.05) is 42.5 Å². The molecule has 0 bridgehead atoms. The summed E-state index contributed by atoms with van der Waals surface area (Å²) >= 11 is 0. The third-order valence-corrected chi connectivity index (χ3v) is 3.99. The van der Waals surface area contributed by atoms with Crippen molar-refractivity contribution in [1.29, 1.82) is 0 Å². The molecule has 0 saturated heterocycles. The van der Waals surface area contributed by atoms with Gasteiger partial charge in [0.1, 0.15) is 5.69 Å². The fourth-order valence-corrected chi connectivity index (χ4v) is 2.63. The molecule has 0 aromatic heterocycles. The first-order valence-electron chi connectivity index (χ1n) is 7.75. The molecule has 0 heterocycles. The van der Waals surface area contributed by atoms with Crippen LogP contribution in [0.5, 0.6) is 0 Å². The predicted molar refractivity (Wildman–Crippen MR) is 97.5 cm³/mol. The highest BCUT2D eigenvalue weighted by Crippen LogP contribution is 2.32. The molecule has 0 radical (unpaired) electrons. The molecule has 0 atom stereocenters. The summed E-state index contributed by atoms with van der Waals surface area (Å²) in [7, 11) is 1.76. The molecule has 0 spiro atoms. The van der Waals surface area contributed by atoms with E-state index >= 15 is 0 Å². The van der Waals surface area contributed by atoms with Crippen LogP contribution in [0.3, 0.4) is 0 Å². The second-order valence-corrected chi connectivity index (χ2v) is 5.55. The molecule has 0 aliphatic heterocycles. The van der Waals surface area contributed by atoms with E-state index in [1.807, 2.05) is 18.2 Å². The van der Waals surface area contributed by atoms with Crippen LogP contribution in [-0.2, 0) is 0 Å². The van der Waals surface area contributed by atoms with Gasteiger partial charge in [0.05, 0.1) is 4.92 Å². The smallest absolute Gasteiger partial charge is 0.292 e. The van der Waals surface area contributed by atoms with Crippen LogP contribution in [0.4, 0.5) is 17.1 Å². The van der Waals surface area contributed by atoms with Gasteiger partial charge in [-0.2, -0.15) is 0 Å². The SMILES string of the molecule is CN(c1ccc(C(=O)c2ccccc2)cc1)c1ccccc1[N+](=O)[O-]. The number of carbonyl (C=O) groups excluding carboxylic acids is 1. The fraction of sp³-hybridized carbons (Fsp3) is 0.0500. The lowest BCUT2D eigenvalue weighted by Gasteiger charge is -2.19. The van der Waals surface area contributed by atoms with E-state index < -0.39 is 4.92 Å². The van der Waals surface area contributed by atoms with Crippen LogP contribution in [0.15, 0.2) is 78.9 Å². The van der Waals surface area contributed by atoms with E-state index in [1.165, 1.54) is 6.07 Å². The van der Waals surface area contributed by atoms with Gasteiger partial charge in [-0.15, -0.1) is 0 Å². The topological polar surface area (TPSA) is 63.5 Å². The lowest BCUT2D eigenvalue weighted by molar-refractivity contribution is -0.384. The summed E-state index contributed by atoms with van der Waals surface area (Å²) in [6.07, 6.45) is 0. The maximum atomic E-state index is 12.4. The van der Waals surface area contributed by atoms with E-state index in [2.05, 4.69) is 0 Å². The van der Waals surface area contributed by atoms with Gasteiger partial charge < -0.3 is 4.90 Å². The minimum absolute atomic E-state index is 0.0365. The number of hydrogen-bond acceptors (Lipinski definition) is 4.